The Morgan fingerprint density at radius 2 is 1.32 bits per heavy atom. The Bertz CT molecular complexity index is 907. The summed E-state index contributed by atoms with van der Waals surface area (Å²) in [4.78, 5) is 4.90. The highest BCUT2D eigenvalue weighted by Crippen LogP contribution is 2.37. The van der Waals surface area contributed by atoms with Crippen molar-refractivity contribution in [2.45, 2.75) is 13.1 Å². The third-order valence-corrected chi connectivity index (χ3v) is 4.31. The molecular formula is C23H19N2-. The van der Waals surface area contributed by atoms with Crippen LogP contribution in [0, 0.1) is 6.92 Å². The van der Waals surface area contributed by atoms with Gasteiger partial charge >= 0.3 is 0 Å². The fraction of sp³-hybridized carbons (Fsp3) is 0.0870. The van der Waals surface area contributed by atoms with Crippen LogP contribution in [0.5, 0.6) is 0 Å². The second-order valence-corrected chi connectivity index (χ2v) is 6.19. The molecule has 0 radical (unpaired) electrons. The number of nitrogens with zero attached hydrogens (tertiary/aromatic N) is 2. The van der Waals surface area contributed by atoms with Crippen LogP contribution in [0.1, 0.15) is 28.4 Å². The number of hydrogen-bond acceptors (Lipinski definition) is 1. The van der Waals surface area contributed by atoms with Crippen LogP contribution in [0.25, 0.3) is 11.0 Å². The molecular weight excluding hydrogens is 304 g/mol. The van der Waals surface area contributed by atoms with Crippen LogP contribution < -0.4 is 0 Å². The van der Waals surface area contributed by atoms with E-state index in [4.69, 9.17) is 10.3 Å². The molecule has 0 bridgehead atoms. The summed E-state index contributed by atoms with van der Waals surface area (Å²) in [5.41, 5.74) is 6.53. The molecule has 0 fully saturated rings. The van der Waals surface area contributed by atoms with Crippen molar-refractivity contribution in [2.24, 2.45) is 4.99 Å². The number of rotatable bonds is 3. The molecule has 0 spiro atoms. The van der Waals surface area contributed by atoms with Gasteiger partial charge in [-0.3, -0.25) is 4.99 Å². The van der Waals surface area contributed by atoms with Crippen LogP contribution in [0.3, 0.4) is 0 Å². The highest BCUT2D eigenvalue weighted by atomic mass is 15.1. The minimum atomic E-state index is -0.212. The summed E-state index contributed by atoms with van der Waals surface area (Å²) < 4.78 is 0. The first-order valence-corrected chi connectivity index (χ1v) is 8.47. The Labute approximate surface area is 148 Å². The zero-order valence-electron chi connectivity index (χ0n) is 14.1. The van der Waals surface area contributed by atoms with Crippen LogP contribution in [0.2, 0.25) is 0 Å². The van der Waals surface area contributed by atoms with Crippen molar-refractivity contribution >= 4 is 11.4 Å². The molecule has 0 saturated heterocycles. The molecule has 2 heteroatoms. The van der Waals surface area contributed by atoms with Crippen molar-refractivity contribution in [3.05, 3.63) is 119 Å². The number of aryl methyl sites for hydroxylation is 1. The topological polar surface area (TPSA) is 26.5 Å². The predicted molar refractivity (Wildman–Crippen MR) is 105 cm³/mol. The van der Waals surface area contributed by atoms with E-state index in [9.17, 15) is 0 Å². The zero-order chi connectivity index (χ0) is 17.1. The van der Waals surface area contributed by atoms with E-state index < -0.39 is 0 Å². The standard InChI is InChI=1S/C23H19N2/c1-17-12-14-20(15-13-17)23-24-21(18-8-4-2-5-9-18)16-22(25-23)19-10-6-3-7-11-19/h2-16,23H,1H3/q-1. The maximum atomic E-state index is 4.90. The molecule has 0 aliphatic carbocycles. The molecule has 1 heterocycles. The van der Waals surface area contributed by atoms with Crippen LogP contribution in [-0.2, 0) is 0 Å². The molecule has 2 nitrogen and oxygen atoms in total. The molecule has 3 aromatic carbocycles. The van der Waals surface area contributed by atoms with Gasteiger partial charge < -0.3 is 5.32 Å². The predicted octanol–water partition coefficient (Wildman–Crippen LogP) is 5.91. The lowest BCUT2D eigenvalue weighted by Crippen LogP contribution is -2.09. The van der Waals surface area contributed by atoms with E-state index in [2.05, 4.69) is 61.5 Å². The van der Waals surface area contributed by atoms with Crippen molar-refractivity contribution in [1.82, 2.24) is 0 Å². The maximum absolute atomic E-state index is 4.90. The maximum Gasteiger partial charge on any atom is 0.0623 e. The first-order valence-electron chi connectivity index (χ1n) is 8.47. The summed E-state index contributed by atoms with van der Waals surface area (Å²) in [5.74, 6) is 0. The zero-order valence-corrected chi connectivity index (χ0v) is 14.1. The van der Waals surface area contributed by atoms with Gasteiger partial charge in [-0.15, -0.1) is 5.70 Å². The summed E-state index contributed by atoms with van der Waals surface area (Å²) in [5, 5.41) is 4.90. The SMILES string of the molecule is Cc1ccc(C2N=C(c3ccccc3)C=C(c3ccccc3)[N-]2)cc1. The fourth-order valence-corrected chi connectivity index (χ4v) is 2.92. The van der Waals surface area contributed by atoms with Crippen molar-refractivity contribution < 1.29 is 0 Å². The van der Waals surface area contributed by atoms with Crippen molar-refractivity contribution in [3.63, 3.8) is 0 Å². The second-order valence-electron chi connectivity index (χ2n) is 6.19. The highest BCUT2D eigenvalue weighted by molar-refractivity contribution is 6.14. The van der Waals surface area contributed by atoms with E-state index >= 15 is 0 Å². The second kappa shape index (κ2) is 6.78. The van der Waals surface area contributed by atoms with Crippen LogP contribution in [-0.4, -0.2) is 5.71 Å². The molecule has 1 atom stereocenters. The minimum Gasteiger partial charge on any atom is -0.659 e. The Kier molecular flexibility index (Phi) is 4.17. The molecule has 3 aromatic rings. The largest absolute Gasteiger partial charge is 0.659 e. The molecule has 1 aliphatic rings. The monoisotopic (exact) mass is 323 g/mol. The average molecular weight is 323 g/mol. The van der Waals surface area contributed by atoms with E-state index in [1.54, 1.807) is 0 Å². The summed E-state index contributed by atoms with van der Waals surface area (Å²) in [6.07, 6.45) is 1.87. The summed E-state index contributed by atoms with van der Waals surface area (Å²) in [6, 6.07) is 29.0. The number of aliphatic imine (C=N–C) groups is 1. The highest BCUT2D eigenvalue weighted by Gasteiger charge is 2.11. The molecule has 0 saturated carbocycles. The smallest absolute Gasteiger partial charge is 0.0623 e. The summed E-state index contributed by atoms with van der Waals surface area (Å²) >= 11 is 0. The van der Waals surface area contributed by atoms with Gasteiger partial charge in [0.1, 0.15) is 0 Å². The molecule has 1 aliphatic heterocycles. The van der Waals surface area contributed by atoms with Gasteiger partial charge in [0.05, 0.1) is 5.71 Å². The molecule has 0 N–H and O–H groups in total. The van der Waals surface area contributed by atoms with Crippen LogP contribution >= 0.6 is 0 Å². The molecule has 0 aromatic heterocycles. The normalized spacial score (nSPS) is 16.6. The lowest BCUT2D eigenvalue weighted by molar-refractivity contribution is 0.878. The lowest BCUT2D eigenvalue weighted by atomic mass is 10.0. The van der Waals surface area contributed by atoms with Gasteiger partial charge in [0, 0.05) is 6.17 Å². The van der Waals surface area contributed by atoms with E-state index in [1.807, 2.05) is 36.4 Å². The Morgan fingerprint density at radius 1 is 0.720 bits per heavy atom. The van der Waals surface area contributed by atoms with Crippen molar-refractivity contribution in [3.8, 4) is 0 Å². The van der Waals surface area contributed by atoms with Gasteiger partial charge in [0.15, 0.2) is 0 Å². The van der Waals surface area contributed by atoms with Crippen molar-refractivity contribution in [2.75, 3.05) is 0 Å². The number of benzene rings is 3. The number of allylic oxidation sites excluding steroid dienone is 1. The molecule has 122 valence electrons. The first-order chi connectivity index (χ1) is 12.3. The Balaban J connectivity index is 1.78. The summed E-state index contributed by atoms with van der Waals surface area (Å²) in [7, 11) is 0. The molecule has 25 heavy (non-hydrogen) atoms. The van der Waals surface area contributed by atoms with Gasteiger partial charge in [0.2, 0.25) is 0 Å². The van der Waals surface area contributed by atoms with Gasteiger partial charge in [-0.1, -0.05) is 96.6 Å². The third kappa shape index (κ3) is 3.38. The van der Waals surface area contributed by atoms with Crippen molar-refractivity contribution in [1.29, 1.82) is 0 Å². The average Bonchev–Trinajstić information content (AvgIpc) is 2.69. The van der Waals surface area contributed by atoms with E-state index in [-0.39, 0.29) is 6.17 Å². The number of hydrogen-bond donors (Lipinski definition) is 0. The molecule has 0 amide bonds. The van der Waals surface area contributed by atoms with Gasteiger partial charge in [-0.05, 0) is 23.6 Å². The molecule has 1 unspecified atom stereocenters. The Morgan fingerprint density at radius 3 is 1.96 bits per heavy atom. The minimum absolute atomic E-state index is 0.212. The fourth-order valence-electron chi connectivity index (χ4n) is 2.92. The first kappa shape index (κ1) is 15.4. The Hall–Kier alpha value is -3.13. The van der Waals surface area contributed by atoms with Gasteiger partial charge in [0.25, 0.3) is 0 Å². The van der Waals surface area contributed by atoms with Gasteiger partial charge in [-0.25, -0.2) is 0 Å². The molecule has 4 rings (SSSR count). The van der Waals surface area contributed by atoms with E-state index in [1.165, 1.54) is 5.56 Å². The lowest BCUT2D eigenvalue weighted by Gasteiger charge is -2.37. The van der Waals surface area contributed by atoms with E-state index in [0.717, 1.165) is 28.1 Å². The van der Waals surface area contributed by atoms with Crippen LogP contribution in [0.15, 0.2) is 96.0 Å². The third-order valence-electron chi connectivity index (χ3n) is 4.31. The van der Waals surface area contributed by atoms with E-state index in [0.29, 0.717) is 0 Å². The summed E-state index contributed by atoms with van der Waals surface area (Å²) in [6.45, 7) is 2.09. The van der Waals surface area contributed by atoms with Crippen LogP contribution in [0.4, 0.5) is 0 Å². The van der Waals surface area contributed by atoms with Gasteiger partial charge in [-0.2, -0.15) is 0 Å². The quantitative estimate of drug-likeness (QED) is 0.573.